The lowest BCUT2D eigenvalue weighted by molar-refractivity contribution is -0.131. The molecule has 1 aromatic carbocycles. The van der Waals surface area contributed by atoms with E-state index in [2.05, 4.69) is 49.1 Å². The summed E-state index contributed by atoms with van der Waals surface area (Å²) < 4.78 is 9.75. The molecule has 2 atom stereocenters. The lowest BCUT2D eigenvalue weighted by atomic mass is 9.85. The number of anilines is 2. The van der Waals surface area contributed by atoms with E-state index in [1.165, 1.54) is 11.9 Å². The van der Waals surface area contributed by atoms with E-state index >= 15 is 0 Å². The minimum absolute atomic E-state index is 0.106. The van der Waals surface area contributed by atoms with Gasteiger partial charge in [-0.3, -0.25) is 4.79 Å². The van der Waals surface area contributed by atoms with E-state index in [4.69, 9.17) is 4.74 Å². The lowest BCUT2D eigenvalue weighted by Gasteiger charge is -2.39. The topological polar surface area (TPSA) is 105 Å². The minimum Gasteiger partial charge on any atom is -0.457 e. The Morgan fingerprint density at radius 2 is 1.77 bits per heavy atom. The summed E-state index contributed by atoms with van der Waals surface area (Å²) in [6, 6.07) is 12.3. The van der Waals surface area contributed by atoms with E-state index in [1.807, 2.05) is 67.1 Å². The third-order valence-corrected chi connectivity index (χ3v) is 8.62. The molecule has 2 bridgehead atoms. The number of amides is 1. The van der Waals surface area contributed by atoms with Crippen LogP contribution >= 0.6 is 0 Å². The Kier molecular flexibility index (Phi) is 6.81. The van der Waals surface area contributed by atoms with Crippen molar-refractivity contribution < 1.29 is 9.53 Å². The van der Waals surface area contributed by atoms with Crippen molar-refractivity contribution in [1.82, 2.24) is 39.0 Å². The Hall–Kier alpha value is -4.77. The Morgan fingerprint density at radius 3 is 2.53 bits per heavy atom. The van der Waals surface area contributed by atoms with Crippen LogP contribution in [0, 0.1) is 6.92 Å². The van der Waals surface area contributed by atoms with Crippen LogP contribution in [0.15, 0.2) is 73.6 Å². The monoisotopic (exact) mass is 577 g/mol. The van der Waals surface area contributed by atoms with Gasteiger partial charge in [-0.25, -0.2) is 19.0 Å². The maximum absolute atomic E-state index is 13.3. The number of hydrogen-bond acceptors (Lipinski definition) is 8. The summed E-state index contributed by atoms with van der Waals surface area (Å²) in [5, 5.41) is 12.2. The molecule has 5 aromatic rings. The molecule has 0 saturated carbocycles. The van der Waals surface area contributed by atoms with Crippen LogP contribution in [0.25, 0.3) is 11.2 Å². The Bertz CT molecular complexity index is 1830. The number of piperidine rings is 1. The smallest absolute Gasteiger partial charge is 0.250 e. The molecule has 4 aromatic heterocycles. The number of hydrogen-bond donors (Lipinski definition) is 1. The van der Waals surface area contributed by atoms with Crippen molar-refractivity contribution in [2.24, 2.45) is 0 Å². The van der Waals surface area contributed by atoms with Crippen molar-refractivity contribution in [3.8, 4) is 11.5 Å². The summed E-state index contributed by atoms with van der Waals surface area (Å²) in [5.41, 5.74) is 5.48. The average Bonchev–Trinajstić information content (AvgIpc) is 3.70. The third kappa shape index (κ3) is 5.10. The first kappa shape index (κ1) is 27.1. The van der Waals surface area contributed by atoms with Crippen LogP contribution in [0.2, 0.25) is 0 Å². The molecule has 1 amide bonds. The van der Waals surface area contributed by atoms with Gasteiger partial charge in [0.15, 0.2) is 11.5 Å². The van der Waals surface area contributed by atoms with Gasteiger partial charge in [-0.1, -0.05) is 6.58 Å². The van der Waals surface area contributed by atoms with Gasteiger partial charge in [-0.15, -0.1) is 0 Å². The Balaban J connectivity index is 1.10. The zero-order chi connectivity index (χ0) is 29.7. The molecule has 1 N–H and O–H groups in total. The number of rotatable bonds is 8. The summed E-state index contributed by atoms with van der Waals surface area (Å²) >= 11 is 0. The Labute approximate surface area is 249 Å². The molecule has 6 heterocycles. The van der Waals surface area contributed by atoms with Crippen molar-refractivity contribution in [2.45, 2.75) is 50.6 Å². The number of nitrogens with one attached hydrogen (secondary N) is 1. The zero-order valence-electron chi connectivity index (χ0n) is 24.6. The number of fused-ring (bicyclic) bond motifs is 4. The quantitative estimate of drug-likeness (QED) is 0.258. The van der Waals surface area contributed by atoms with Crippen LogP contribution in [0.3, 0.4) is 0 Å². The first-order chi connectivity index (χ1) is 20.8. The fourth-order valence-corrected chi connectivity index (χ4v) is 6.76. The van der Waals surface area contributed by atoms with Crippen molar-refractivity contribution >= 4 is 28.6 Å². The number of carbonyl (C=O) groups excluding carboxylic acids is 1. The summed E-state index contributed by atoms with van der Waals surface area (Å²) in [6.07, 6.45) is 10.9. The number of aromatic nitrogens is 6. The molecule has 43 heavy (non-hydrogen) atoms. The maximum atomic E-state index is 13.3. The molecule has 2 aliphatic rings. The van der Waals surface area contributed by atoms with Crippen LogP contribution in [0.1, 0.15) is 42.7 Å². The molecular weight excluding hydrogens is 542 g/mol. The number of carbonyl (C=O) groups is 1. The summed E-state index contributed by atoms with van der Waals surface area (Å²) in [7, 11) is 3.94. The van der Waals surface area contributed by atoms with Gasteiger partial charge >= 0.3 is 0 Å². The van der Waals surface area contributed by atoms with E-state index in [0.29, 0.717) is 23.8 Å². The standard InChI is InChI=1S/C32H35N9O2/c1-20-13-23(5-8-28(20)43-26-9-11-39-29(16-26)33-18-35-39)37-31-30-27(10-12-40(30)36-19-34-31)22-14-24-6-7-25(15-22)41(24)32(42)21(2)17-38(3)4/h5,8-13,16,18-19,22,24-25H,2,6-7,14-15,17H2,1,3-4H3,(H,34,36,37). The highest BCUT2D eigenvalue weighted by molar-refractivity contribution is 5.94. The molecule has 7 rings (SSSR count). The molecule has 11 nitrogen and oxygen atoms in total. The van der Waals surface area contributed by atoms with Crippen LogP contribution in [0.4, 0.5) is 11.5 Å². The molecule has 0 spiro atoms. The highest BCUT2D eigenvalue weighted by atomic mass is 16.5. The van der Waals surface area contributed by atoms with Gasteiger partial charge < -0.3 is 19.9 Å². The van der Waals surface area contributed by atoms with Crippen molar-refractivity contribution in [3.05, 3.63) is 84.7 Å². The molecule has 0 radical (unpaired) electrons. The molecule has 220 valence electrons. The van der Waals surface area contributed by atoms with E-state index in [9.17, 15) is 4.79 Å². The van der Waals surface area contributed by atoms with Crippen LogP contribution in [-0.2, 0) is 4.79 Å². The second-order valence-electron chi connectivity index (χ2n) is 11.9. The second kappa shape index (κ2) is 10.8. The first-order valence-corrected chi connectivity index (χ1v) is 14.7. The van der Waals surface area contributed by atoms with Gasteiger partial charge in [0, 0.05) is 48.3 Å². The number of ether oxygens (including phenoxy) is 1. The predicted octanol–water partition coefficient (Wildman–Crippen LogP) is 4.97. The highest BCUT2D eigenvalue weighted by Crippen LogP contribution is 2.45. The molecule has 2 aliphatic heterocycles. The zero-order valence-corrected chi connectivity index (χ0v) is 24.6. The normalized spacial score (nSPS) is 19.8. The predicted molar refractivity (Wildman–Crippen MR) is 164 cm³/mol. The van der Waals surface area contributed by atoms with Crippen molar-refractivity contribution in [1.29, 1.82) is 0 Å². The van der Waals surface area contributed by atoms with E-state index in [1.54, 1.807) is 10.8 Å². The summed E-state index contributed by atoms with van der Waals surface area (Å²) in [6.45, 7) is 6.70. The molecule has 11 heteroatoms. The number of aryl methyl sites for hydroxylation is 1. The second-order valence-corrected chi connectivity index (χ2v) is 11.9. The van der Waals surface area contributed by atoms with Gasteiger partial charge in [0.05, 0.1) is 0 Å². The van der Waals surface area contributed by atoms with Gasteiger partial charge in [0.25, 0.3) is 5.91 Å². The Morgan fingerprint density at radius 1 is 1.02 bits per heavy atom. The van der Waals surface area contributed by atoms with Crippen LogP contribution in [-0.4, -0.2) is 77.6 Å². The summed E-state index contributed by atoms with van der Waals surface area (Å²) in [5.74, 6) is 2.64. The molecule has 2 fully saturated rings. The van der Waals surface area contributed by atoms with Gasteiger partial charge in [0.2, 0.25) is 0 Å². The number of nitrogens with zero attached hydrogens (tertiary/aromatic N) is 8. The van der Waals surface area contributed by atoms with E-state index in [-0.39, 0.29) is 18.0 Å². The number of benzene rings is 1. The molecule has 2 unspecified atom stereocenters. The van der Waals surface area contributed by atoms with Gasteiger partial charge in [-0.05, 0) is 94.1 Å². The summed E-state index contributed by atoms with van der Waals surface area (Å²) in [4.78, 5) is 26.3. The SMILES string of the molecule is C=C(CN(C)C)C(=O)N1C2CCC1CC(c1ccn3ncnc(Nc4ccc(Oc5ccn6ncnc6c5)c(C)c4)c13)C2. The molecule has 0 aliphatic carbocycles. The number of pyridine rings is 1. The highest BCUT2D eigenvalue weighted by Gasteiger charge is 2.44. The fourth-order valence-electron chi connectivity index (χ4n) is 6.76. The molecular formula is C32H35N9O2. The van der Waals surface area contributed by atoms with Crippen molar-refractivity contribution in [3.63, 3.8) is 0 Å². The maximum Gasteiger partial charge on any atom is 0.250 e. The van der Waals surface area contributed by atoms with Gasteiger partial charge in [0.1, 0.15) is 29.7 Å². The fraction of sp³-hybridized carbons (Fsp3) is 0.344. The minimum atomic E-state index is 0.106. The van der Waals surface area contributed by atoms with E-state index < -0.39 is 0 Å². The lowest BCUT2D eigenvalue weighted by Crippen LogP contribution is -2.47. The first-order valence-electron chi connectivity index (χ1n) is 14.7. The number of likely N-dealkylation sites (N-methyl/N-ethyl adjacent to an activating group) is 1. The van der Waals surface area contributed by atoms with Crippen molar-refractivity contribution in [2.75, 3.05) is 26.0 Å². The third-order valence-electron chi connectivity index (χ3n) is 8.62. The molecule has 2 saturated heterocycles. The largest absolute Gasteiger partial charge is 0.457 e. The van der Waals surface area contributed by atoms with Crippen LogP contribution < -0.4 is 10.1 Å². The van der Waals surface area contributed by atoms with Gasteiger partial charge in [-0.2, -0.15) is 10.2 Å². The average molecular weight is 578 g/mol. The van der Waals surface area contributed by atoms with E-state index in [0.717, 1.165) is 59.7 Å². The van der Waals surface area contributed by atoms with Crippen LogP contribution in [0.5, 0.6) is 11.5 Å².